The Hall–Kier alpha value is -2.03. The molecule has 2 heterocycles. The molecule has 9 heteroatoms. The molecule has 0 aromatic carbocycles. The fraction of sp³-hybridized carbons (Fsp3) is 0.500. The van der Waals surface area contributed by atoms with E-state index in [-0.39, 0.29) is 5.82 Å². The highest BCUT2D eigenvalue weighted by Gasteiger charge is 2.18. The third-order valence-electron chi connectivity index (χ3n) is 2.49. The van der Waals surface area contributed by atoms with Gasteiger partial charge in [-0.1, -0.05) is 11.4 Å². The molecular weight excluding hydrogens is 268 g/mol. The van der Waals surface area contributed by atoms with Gasteiger partial charge in [0.25, 0.3) is 0 Å². The lowest BCUT2D eigenvalue weighted by molar-refractivity contribution is -0.390. The van der Waals surface area contributed by atoms with Crippen molar-refractivity contribution in [2.45, 2.75) is 26.8 Å². The minimum Gasteiger partial charge on any atom is -0.374 e. The van der Waals surface area contributed by atoms with Crippen LogP contribution in [-0.4, -0.2) is 30.8 Å². The maximum absolute atomic E-state index is 10.7. The van der Waals surface area contributed by atoms with Crippen LogP contribution in [0.1, 0.15) is 24.6 Å². The molecule has 102 valence electrons. The quantitative estimate of drug-likeness (QED) is 0.641. The minimum absolute atomic E-state index is 0.119. The summed E-state index contributed by atoms with van der Waals surface area (Å²) in [4.78, 5) is 10.3. The predicted molar refractivity (Wildman–Crippen MR) is 71.4 cm³/mol. The van der Waals surface area contributed by atoms with Crippen molar-refractivity contribution in [2.75, 3.05) is 11.9 Å². The van der Waals surface area contributed by atoms with Gasteiger partial charge in [-0.2, -0.15) is 4.68 Å². The SMILES string of the molecule is CCCNc1snnc1Cn1cc(C)c([N+](=O)[O-])n1. The summed E-state index contributed by atoms with van der Waals surface area (Å²) in [5.74, 6) is -0.119. The predicted octanol–water partition coefficient (Wildman–Crippen LogP) is 1.82. The van der Waals surface area contributed by atoms with Gasteiger partial charge in [0.1, 0.15) is 17.2 Å². The molecule has 1 N–H and O–H groups in total. The first kappa shape index (κ1) is 13.4. The minimum atomic E-state index is -0.485. The largest absolute Gasteiger partial charge is 0.392 e. The number of anilines is 1. The van der Waals surface area contributed by atoms with Crippen molar-refractivity contribution in [1.82, 2.24) is 19.4 Å². The van der Waals surface area contributed by atoms with Crippen LogP contribution < -0.4 is 5.32 Å². The lowest BCUT2D eigenvalue weighted by atomic mass is 10.4. The van der Waals surface area contributed by atoms with Gasteiger partial charge in [0.2, 0.25) is 0 Å². The van der Waals surface area contributed by atoms with Gasteiger partial charge in [0, 0.05) is 18.1 Å². The number of hydrogen-bond donors (Lipinski definition) is 1. The number of aryl methyl sites for hydroxylation is 1. The van der Waals surface area contributed by atoms with E-state index in [1.54, 1.807) is 13.1 Å². The van der Waals surface area contributed by atoms with Gasteiger partial charge in [-0.3, -0.25) is 0 Å². The van der Waals surface area contributed by atoms with Crippen LogP contribution in [0.5, 0.6) is 0 Å². The third-order valence-corrected chi connectivity index (χ3v) is 3.22. The van der Waals surface area contributed by atoms with Gasteiger partial charge in [0.15, 0.2) is 0 Å². The average Bonchev–Trinajstić information content (AvgIpc) is 2.94. The zero-order valence-electron chi connectivity index (χ0n) is 10.7. The molecule has 2 aromatic heterocycles. The van der Waals surface area contributed by atoms with Gasteiger partial charge in [-0.05, 0) is 18.3 Å². The van der Waals surface area contributed by atoms with Gasteiger partial charge >= 0.3 is 5.82 Å². The smallest absolute Gasteiger partial charge is 0.374 e. The summed E-state index contributed by atoms with van der Waals surface area (Å²) in [6.07, 6.45) is 2.64. The van der Waals surface area contributed by atoms with Crippen LogP contribution in [0.15, 0.2) is 6.20 Å². The normalized spacial score (nSPS) is 10.6. The topological polar surface area (TPSA) is 98.8 Å². The molecule has 0 atom stereocenters. The van der Waals surface area contributed by atoms with Crippen LogP contribution in [0.3, 0.4) is 0 Å². The summed E-state index contributed by atoms with van der Waals surface area (Å²) >= 11 is 1.28. The van der Waals surface area contributed by atoms with Gasteiger partial charge in [0.05, 0.1) is 16.9 Å². The van der Waals surface area contributed by atoms with Crippen LogP contribution in [0, 0.1) is 17.0 Å². The van der Waals surface area contributed by atoms with E-state index in [9.17, 15) is 10.1 Å². The zero-order valence-corrected chi connectivity index (χ0v) is 11.5. The Morgan fingerprint density at radius 2 is 2.37 bits per heavy atom. The molecule has 0 aliphatic rings. The number of hydrogen-bond acceptors (Lipinski definition) is 7. The van der Waals surface area contributed by atoms with Crippen LogP contribution >= 0.6 is 11.5 Å². The maximum atomic E-state index is 10.7. The third kappa shape index (κ3) is 3.05. The van der Waals surface area contributed by atoms with E-state index in [4.69, 9.17) is 0 Å². The first-order chi connectivity index (χ1) is 9.11. The van der Waals surface area contributed by atoms with Crippen molar-refractivity contribution in [3.05, 3.63) is 27.6 Å². The van der Waals surface area contributed by atoms with Crippen LogP contribution in [-0.2, 0) is 6.54 Å². The maximum Gasteiger partial charge on any atom is 0.392 e. The Balaban J connectivity index is 2.15. The summed E-state index contributed by atoms with van der Waals surface area (Å²) in [6.45, 7) is 4.95. The van der Waals surface area contributed by atoms with Gasteiger partial charge in [-0.15, -0.1) is 5.10 Å². The highest BCUT2D eigenvalue weighted by Crippen LogP contribution is 2.20. The molecule has 8 nitrogen and oxygen atoms in total. The zero-order chi connectivity index (χ0) is 13.8. The van der Waals surface area contributed by atoms with Crippen molar-refractivity contribution in [2.24, 2.45) is 0 Å². The lowest BCUT2D eigenvalue weighted by Gasteiger charge is -2.01. The molecule has 2 aromatic rings. The summed E-state index contributed by atoms with van der Waals surface area (Å²) < 4.78 is 5.40. The fourth-order valence-corrected chi connectivity index (χ4v) is 2.21. The van der Waals surface area contributed by atoms with Crippen molar-refractivity contribution in [1.29, 1.82) is 0 Å². The Labute approximate surface area is 113 Å². The van der Waals surface area contributed by atoms with Crippen molar-refractivity contribution >= 4 is 22.4 Å². The van der Waals surface area contributed by atoms with Gasteiger partial charge < -0.3 is 15.4 Å². The number of aromatic nitrogens is 4. The molecule has 0 spiro atoms. The highest BCUT2D eigenvalue weighted by molar-refractivity contribution is 7.10. The second-order valence-corrected chi connectivity index (χ2v) is 4.82. The van der Waals surface area contributed by atoms with Gasteiger partial charge in [-0.25, -0.2) is 0 Å². The number of rotatable bonds is 6. The Morgan fingerprint density at radius 3 is 3.00 bits per heavy atom. The first-order valence-electron chi connectivity index (χ1n) is 5.85. The number of nitrogens with one attached hydrogen (secondary N) is 1. The second kappa shape index (κ2) is 5.74. The molecule has 19 heavy (non-hydrogen) atoms. The molecular formula is C10H14N6O2S. The van der Waals surface area contributed by atoms with Crippen LogP contribution in [0.2, 0.25) is 0 Å². The average molecular weight is 282 g/mol. The molecule has 0 bridgehead atoms. The molecule has 0 aliphatic carbocycles. The molecule has 0 radical (unpaired) electrons. The standard InChI is InChI=1S/C10H14N6O2S/c1-3-4-11-10-8(12-14-19-10)6-15-5-7(2)9(13-15)16(17)18/h5,11H,3-4,6H2,1-2H3. The van der Waals surface area contributed by atoms with Crippen LogP contribution in [0.25, 0.3) is 0 Å². The summed E-state index contributed by atoms with van der Waals surface area (Å²) in [7, 11) is 0. The van der Waals surface area contributed by atoms with Crippen molar-refractivity contribution in [3.8, 4) is 0 Å². The monoisotopic (exact) mass is 282 g/mol. The molecule has 0 amide bonds. The molecule has 0 unspecified atom stereocenters. The van der Waals surface area contributed by atoms with E-state index in [1.807, 2.05) is 0 Å². The Morgan fingerprint density at radius 1 is 1.58 bits per heavy atom. The Kier molecular flexibility index (Phi) is 4.05. The first-order valence-corrected chi connectivity index (χ1v) is 6.62. The molecule has 0 saturated heterocycles. The van der Waals surface area contributed by atoms with E-state index >= 15 is 0 Å². The van der Waals surface area contributed by atoms with Crippen molar-refractivity contribution < 1.29 is 4.92 Å². The van der Waals surface area contributed by atoms with E-state index in [1.165, 1.54) is 16.2 Å². The molecule has 0 aliphatic heterocycles. The lowest BCUT2D eigenvalue weighted by Crippen LogP contribution is -2.06. The van der Waals surface area contributed by atoms with Crippen LogP contribution in [0.4, 0.5) is 10.8 Å². The Bertz CT molecular complexity index is 578. The van der Waals surface area contributed by atoms with Crippen molar-refractivity contribution in [3.63, 3.8) is 0 Å². The highest BCUT2D eigenvalue weighted by atomic mass is 32.1. The van der Waals surface area contributed by atoms with E-state index < -0.39 is 4.92 Å². The number of nitro groups is 1. The molecule has 2 rings (SSSR count). The fourth-order valence-electron chi connectivity index (χ4n) is 1.61. The molecule has 0 fully saturated rings. The number of nitrogens with zero attached hydrogens (tertiary/aromatic N) is 5. The van der Waals surface area contributed by atoms with E-state index in [2.05, 4.69) is 26.9 Å². The summed E-state index contributed by atoms with van der Waals surface area (Å²) in [6, 6.07) is 0. The van der Waals surface area contributed by atoms with E-state index in [0.29, 0.717) is 12.1 Å². The summed E-state index contributed by atoms with van der Waals surface area (Å²) in [5.41, 5.74) is 1.28. The van der Waals surface area contributed by atoms with E-state index in [0.717, 1.165) is 23.7 Å². The summed E-state index contributed by atoms with van der Waals surface area (Å²) in [5, 5.41) is 22.8. The second-order valence-electron chi connectivity index (χ2n) is 4.07. The molecule has 0 saturated carbocycles.